The van der Waals surface area contributed by atoms with Crippen LogP contribution in [0.5, 0.6) is 11.5 Å². The van der Waals surface area contributed by atoms with Gasteiger partial charge in [-0.1, -0.05) is 25.1 Å². The van der Waals surface area contributed by atoms with E-state index in [2.05, 4.69) is 18.3 Å². The van der Waals surface area contributed by atoms with Crippen LogP contribution in [0.4, 0.5) is 5.69 Å². The Morgan fingerprint density at radius 2 is 2.00 bits per heavy atom. The predicted molar refractivity (Wildman–Crippen MR) is 93.0 cm³/mol. The summed E-state index contributed by atoms with van der Waals surface area (Å²) in [7, 11) is 0. The molecule has 0 fully saturated rings. The summed E-state index contributed by atoms with van der Waals surface area (Å²) in [6, 6.07) is 10.0. The third-order valence-electron chi connectivity index (χ3n) is 4.77. The lowest BCUT2D eigenvalue weighted by atomic mass is 9.97. The van der Waals surface area contributed by atoms with Gasteiger partial charge >= 0.3 is 0 Å². The monoisotopic (exact) mass is 323 g/mol. The van der Waals surface area contributed by atoms with Crippen molar-refractivity contribution >= 4 is 11.6 Å². The van der Waals surface area contributed by atoms with Gasteiger partial charge in [-0.2, -0.15) is 0 Å². The van der Waals surface area contributed by atoms with Crippen LogP contribution in [0.2, 0.25) is 0 Å². The second-order valence-corrected chi connectivity index (χ2v) is 6.25. The van der Waals surface area contributed by atoms with E-state index in [-0.39, 0.29) is 5.91 Å². The van der Waals surface area contributed by atoms with Gasteiger partial charge in [0, 0.05) is 35.2 Å². The van der Waals surface area contributed by atoms with Crippen LogP contribution in [0.3, 0.4) is 0 Å². The van der Waals surface area contributed by atoms with Crippen molar-refractivity contribution in [2.45, 2.75) is 32.6 Å². The number of carbonyl (C=O) groups excluding carboxylic acids is 1. The quantitative estimate of drug-likeness (QED) is 0.939. The number of rotatable bonds is 4. The molecule has 1 amide bonds. The van der Waals surface area contributed by atoms with Gasteiger partial charge in [-0.05, 0) is 24.1 Å². The highest BCUT2D eigenvalue weighted by Gasteiger charge is 2.27. The van der Waals surface area contributed by atoms with Gasteiger partial charge in [0.05, 0.1) is 19.6 Å². The molecule has 2 aromatic rings. The molecule has 2 aliphatic rings. The minimum Gasteiger partial charge on any atom is -0.493 e. The Kier molecular flexibility index (Phi) is 3.89. The van der Waals surface area contributed by atoms with Crippen LogP contribution in [0, 0.1) is 0 Å². The van der Waals surface area contributed by atoms with Crippen molar-refractivity contribution in [2.24, 2.45) is 0 Å². The number of nitrogens with one attached hydrogen (secondary N) is 1. The molecule has 2 heterocycles. The molecule has 4 nitrogen and oxygen atoms in total. The number of anilines is 1. The van der Waals surface area contributed by atoms with Crippen LogP contribution in [0.15, 0.2) is 30.3 Å². The molecule has 0 aromatic heterocycles. The first-order chi connectivity index (χ1) is 11.8. The number of benzene rings is 2. The first-order valence-corrected chi connectivity index (χ1v) is 8.57. The standard InChI is InChI=1S/C20H21NO3/c1-2-13-5-3-4-6-17(13)21-19(22)12-16-15-8-10-23-18(15)11-14-7-9-24-20(14)16/h3-6,11H,2,7-10,12H2,1H3,(H,21,22). The fourth-order valence-electron chi connectivity index (χ4n) is 3.58. The highest BCUT2D eigenvalue weighted by atomic mass is 16.5. The van der Waals surface area contributed by atoms with Crippen molar-refractivity contribution in [1.82, 2.24) is 0 Å². The van der Waals surface area contributed by atoms with Crippen molar-refractivity contribution in [2.75, 3.05) is 18.5 Å². The molecule has 0 saturated heterocycles. The van der Waals surface area contributed by atoms with Crippen molar-refractivity contribution in [3.63, 3.8) is 0 Å². The largest absolute Gasteiger partial charge is 0.493 e. The van der Waals surface area contributed by atoms with Crippen LogP contribution in [-0.4, -0.2) is 19.1 Å². The van der Waals surface area contributed by atoms with Gasteiger partial charge < -0.3 is 14.8 Å². The number of fused-ring (bicyclic) bond motifs is 2. The maximum absolute atomic E-state index is 12.6. The van der Waals surface area contributed by atoms with Gasteiger partial charge in [-0.15, -0.1) is 0 Å². The summed E-state index contributed by atoms with van der Waals surface area (Å²) < 4.78 is 11.5. The van der Waals surface area contributed by atoms with E-state index in [4.69, 9.17) is 9.47 Å². The second-order valence-electron chi connectivity index (χ2n) is 6.25. The van der Waals surface area contributed by atoms with E-state index in [1.165, 1.54) is 0 Å². The molecule has 1 N–H and O–H groups in total. The van der Waals surface area contributed by atoms with E-state index in [1.54, 1.807) is 0 Å². The molecule has 124 valence electrons. The van der Waals surface area contributed by atoms with Crippen molar-refractivity contribution in [1.29, 1.82) is 0 Å². The minimum absolute atomic E-state index is 0.00565. The van der Waals surface area contributed by atoms with Gasteiger partial charge in [-0.3, -0.25) is 4.79 Å². The minimum atomic E-state index is -0.00565. The number of amides is 1. The smallest absolute Gasteiger partial charge is 0.228 e. The fraction of sp³-hybridized carbons (Fsp3) is 0.350. The van der Waals surface area contributed by atoms with E-state index in [0.717, 1.165) is 58.7 Å². The Morgan fingerprint density at radius 3 is 2.88 bits per heavy atom. The summed E-state index contributed by atoms with van der Waals surface area (Å²) in [4.78, 5) is 12.6. The maximum Gasteiger partial charge on any atom is 0.228 e. The van der Waals surface area contributed by atoms with Crippen molar-refractivity contribution < 1.29 is 14.3 Å². The van der Waals surface area contributed by atoms with E-state index in [9.17, 15) is 4.79 Å². The van der Waals surface area contributed by atoms with E-state index >= 15 is 0 Å². The summed E-state index contributed by atoms with van der Waals surface area (Å²) in [6.07, 6.45) is 2.95. The molecule has 0 bridgehead atoms. The zero-order chi connectivity index (χ0) is 16.5. The maximum atomic E-state index is 12.6. The molecule has 0 saturated carbocycles. The third kappa shape index (κ3) is 2.62. The normalized spacial score (nSPS) is 14.5. The van der Waals surface area contributed by atoms with E-state index in [0.29, 0.717) is 19.6 Å². The Morgan fingerprint density at radius 1 is 1.17 bits per heavy atom. The van der Waals surface area contributed by atoms with Gasteiger partial charge in [-0.25, -0.2) is 0 Å². The number of para-hydroxylation sites is 1. The fourth-order valence-corrected chi connectivity index (χ4v) is 3.58. The van der Waals surface area contributed by atoms with E-state index < -0.39 is 0 Å². The number of hydrogen-bond donors (Lipinski definition) is 1. The molecule has 24 heavy (non-hydrogen) atoms. The molecule has 0 radical (unpaired) electrons. The van der Waals surface area contributed by atoms with E-state index in [1.807, 2.05) is 24.3 Å². The van der Waals surface area contributed by atoms with Crippen LogP contribution in [0.25, 0.3) is 0 Å². The number of carbonyl (C=O) groups is 1. The first-order valence-electron chi connectivity index (χ1n) is 8.57. The first kappa shape index (κ1) is 15.1. The molecule has 4 heteroatoms. The molecule has 2 aromatic carbocycles. The van der Waals surface area contributed by atoms with Crippen LogP contribution >= 0.6 is 0 Å². The summed E-state index contributed by atoms with van der Waals surface area (Å²) in [5.74, 6) is 1.82. The third-order valence-corrected chi connectivity index (χ3v) is 4.77. The molecule has 4 rings (SSSR count). The summed E-state index contributed by atoms with van der Waals surface area (Å²) in [5.41, 5.74) is 5.34. The predicted octanol–water partition coefficient (Wildman–Crippen LogP) is 3.30. The lowest BCUT2D eigenvalue weighted by molar-refractivity contribution is -0.115. The molecular formula is C20H21NO3. The average Bonchev–Trinajstić information content (AvgIpc) is 3.24. The van der Waals surface area contributed by atoms with Crippen LogP contribution in [-0.2, 0) is 30.5 Å². The summed E-state index contributed by atoms with van der Waals surface area (Å²) >= 11 is 0. The molecular weight excluding hydrogens is 302 g/mol. The lowest BCUT2D eigenvalue weighted by Gasteiger charge is -2.14. The average molecular weight is 323 g/mol. The lowest BCUT2D eigenvalue weighted by Crippen LogP contribution is -2.17. The molecule has 0 aliphatic carbocycles. The molecule has 0 atom stereocenters. The zero-order valence-corrected chi connectivity index (χ0v) is 13.9. The van der Waals surface area contributed by atoms with Gasteiger partial charge in [0.1, 0.15) is 11.5 Å². The summed E-state index contributed by atoms with van der Waals surface area (Å²) in [6.45, 7) is 3.46. The molecule has 2 aliphatic heterocycles. The molecule has 0 spiro atoms. The van der Waals surface area contributed by atoms with Gasteiger partial charge in [0.25, 0.3) is 0 Å². The zero-order valence-electron chi connectivity index (χ0n) is 13.9. The van der Waals surface area contributed by atoms with Crippen LogP contribution < -0.4 is 14.8 Å². The Labute approximate surface area is 141 Å². The summed E-state index contributed by atoms with van der Waals surface area (Å²) in [5, 5.41) is 3.06. The number of aryl methyl sites for hydroxylation is 1. The highest BCUT2D eigenvalue weighted by Crippen LogP contribution is 2.40. The van der Waals surface area contributed by atoms with Crippen molar-refractivity contribution in [3.05, 3.63) is 52.6 Å². The van der Waals surface area contributed by atoms with Crippen molar-refractivity contribution in [3.8, 4) is 11.5 Å². The van der Waals surface area contributed by atoms with Crippen LogP contribution in [0.1, 0.15) is 29.2 Å². The number of ether oxygens (including phenoxy) is 2. The Balaban J connectivity index is 1.61. The van der Waals surface area contributed by atoms with Gasteiger partial charge in [0.15, 0.2) is 0 Å². The van der Waals surface area contributed by atoms with Gasteiger partial charge in [0.2, 0.25) is 5.91 Å². The number of hydrogen-bond acceptors (Lipinski definition) is 3. The Bertz CT molecular complexity index is 765. The second kappa shape index (κ2) is 6.19. The topological polar surface area (TPSA) is 47.6 Å². The Hall–Kier alpha value is -2.49. The highest BCUT2D eigenvalue weighted by molar-refractivity contribution is 5.93. The SMILES string of the molecule is CCc1ccccc1NC(=O)Cc1c2c(cc3c1OCC3)OCC2. The molecule has 0 unspecified atom stereocenters.